The summed E-state index contributed by atoms with van der Waals surface area (Å²) in [6.45, 7) is 0.315. The van der Waals surface area contributed by atoms with Crippen LogP contribution < -0.4 is 5.73 Å². The zero-order valence-electron chi connectivity index (χ0n) is 11.7. The predicted molar refractivity (Wildman–Crippen MR) is 72.3 cm³/mol. The van der Waals surface area contributed by atoms with E-state index in [1.54, 1.807) is 11.7 Å². The quantitative estimate of drug-likeness (QED) is 0.762. The fourth-order valence-corrected chi connectivity index (χ4v) is 2.60. The molecule has 1 aliphatic heterocycles. The highest BCUT2D eigenvalue weighted by Gasteiger charge is 2.45. The lowest BCUT2D eigenvalue weighted by atomic mass is 10.1. The van der Waals surface area contributed by atoms with Crippen LogP contribution in [0.5, 0.6) is 0 Å². The van der Waals surface area contributed by atoms with Gasteiger partial charge in [-0.3, -0.25) is 4.57 Å². The molecule has 9 nitrogen and oxygen atoms in total. The molecule has 3 heterocycles. The Labute approximate surface area is 120 Å². The average molecular weight is 295 g/mol. The van der Waals surface area contributed by atoms with E-state index in [4.69, 9.17) is 19.9 Å². The van der Waals surface area contributed by atoms with Crippen LogP contribution in [-0.4, -0.2) is 63.8 Å². The highest BCUT2D eigenvalue weighted by molar-refractivity contribution is 5.81. The maximum absolute atomic E-state index is 10.4. The first kappa shape index (κ1) is 14.1. The van der Waals surface area contributed by atoms with Crippen molar-refractivity contribution >= 4 is 17.0 Å². The molecule has 3 N–H and O–H groups in total. The van der Waals surface area contributed by atoms with Gasteiger partial charge in [-0.1, -0.05) is 0 Å². The molecule has 0 aromatic carbocycles. The minimum atomic E-state index is -0.872. The Kier molecular flexibility index (Phi) is 3.72. The number of fused-ring (bicyclic) bond motifs is 1. The number of nitrogens with two attached hydrogens (primary N) is 1. The van der Waals surface area contributed by atoms with Crippen LogP contribution >= 0.6 is 0 Å². The van der Waals surface area contributed by atoms with Crippen molar-refractivity contribution in [1.82, 2.24) is 19.5 Å². The van der Waals surface area contributed by atoms with Crippen molar-refractivity contribution in [1.29, 1.82) is 0 Å². The molecule has 0 amide bonds. The lowest BCUT2D eigenvalue weighted by Gasteiger charge is -2.18. The SMILES string of the molecule is COC[C@H]1O[C@@H](n2cnc3c(N)ncnc32)[C@@H](O)C1OC. The van der Waals surface area contributed by atoms with Gasteiger partial charge >= 0.3 is 0 Å². The summed E-state index contributed by atoms with van der Waals surface area (Å²) in [5.41, 5.74) is 6.73. The lowest BCUT2D eigenvalue weighted by Crippen LogP contribution is -2.35. The predicted octanol–water partition coefficient (Wildman–Crippen LogP) is -0.672. The Morgan fingerprint density at radius 3 is 2.90 bits per heavy atom. The van der Waals surface area contributed by atoms with E-state index in [2.05, 4.69) is 15.0 Å². The number of imidazole rings is 1. The molecule has 2 aromatic rings. The van der Waals surface area contributed by atoms with Crippen molar-refractivity contribution in [2.75, 3.05) is 26.6 Å². The molecule has 2 aromatic heterocycles. The zero-order valence-corrected chi connectivity index (χ0v) is 11.7. The number of ether oxygens (including phenoxy) is 3. The number of hydrogen-bond donors (Lipinski definition) is 2. The second kappa shape index (κ2) is 5.53. The van der Waals surface area contributed by atoms with Crippen LogP contribution in [0.15, 0.2) is 12.7 Å². The van der Waals surface area contributed by atoms with Gasteiger partial charge in [0, 0.05) is 14.2 Å². The molecule has 4 atom stereocenters. The summed E-state index contributed by atoms with van der Waals surface area (Å²) in [6.07, 6.45) is 0.449. The standard InChI is InChI=1S/C12H17N5O4/c1-19-3-6-9(20-2)8(18)12(21-6)17-5-16-7-10(13)14-4-15-11(7)17/h4-6,8-9,12,18H,3H2,1-2H3,(H2,13,14,15)/t6-,8+,9?,12-/m1/s1. The third-order valence-electron chi connectivity index (χ3n) is 3.57. The molecular weight excluding hydrogens is 278 g/mol. The number of aliphatic hydroxyl groups is 1. The van der Waals surface area contributed by atoms with E-state index < -0.39 is 18.4 Å². The summed E-state index contributed by atoms with van der Waals surface area (Å²) in [4.78, 5) is 12.2. The Bertz CT molecular complexity index is 633. The summed E-state index contributed by atoms with van der Waals surface area (Å²) in [5, 5.41) is 10.4. The molecule has 0 bridgehead atoms. The van der Waals surface area contributed by atoms with Gasteiger partial charge in [-0.25, -0.2) is 15.0 Å². The van der Waals surface area contributed by atoms with Crippen LogP contribution in [0, 0.1) is 0 Å². The zero-order chi connectivity index (χ0) is 15.0. The number of methoxy groups -OCH3 is 2. The molecule has 0 spiro atoms. The highest BCUT2D eigenvalue weighted by atomic mass is 16.6. The molecule has 1 unspecified atom stereocenters. The number of aromatic nitrogens is 4. The van der Waals surface area contributed by atoms with E-state index in [-0.39, 0.29) is 11.9 Å². The van der Waals surface area contributed by atoms with E-state index in [0.717, 1.165) is 0 Å². The maximum atomic E-state index is 10.4. The molecule has 3 rings (SSSR count). The van der Waals surface area contributed by atoms with Crippen LogP contribution in [0.4, 0.5) is 5.82 Å². The van der Waals surface area contributed by atoms with Gasteiger partial charge in [-0.2, -0.15) is 0 Å². The number of anilines is 1. The fraction of sp³-hybridized carbons (Fsp3) is 0.583. The van der Waals surface area contributed by atoms with E-state index in [1.807, 2.05) is 0 Å². The summed E-state index contributed by atoms with van der Waals surface area (Å²) in [5.74, 6) is 0.281. The number of hydrogen-bond acceptors (Lipinski definition) is 8. The minimum Gasteiger partial charge on any atom is -0.386 e. The van der Waals surface area contributed by atoms with Gasteiger partial charge in [-0.15, -0.1) is 0 Å². The van der Waals surface area contributed by atoms with Gasteiger partial charge in [0.25, 0.3) is 0 Å². The first-order valence-electron chi connectivity index (χ1n) is 6.45. The van der Waals surface area contributed by atoms with Gasteiger partial charge in [0.15, 0.2) is 17.7 Å². The number of aliphatic hydroxyl groups excluding tert-OH is 1. The molecule has 1 saturated heterocycles. The Balaban J connectivity index is 1.97. The van der Waals surface area contributed by atoms with Gasteiger partial charge in [-0.05, 0) is 0 Å². The smallest absolute Gasteiger partial charge is 0.167 e. The summed E-state index contributed by atoms with van der Waals surface area (Å²) >= 11 is 0. The van der Waals surface area contributed by atoms with Crippen LogP contribution in [0.2, 0.25) is 0 Å². The summed E-state index contributed by atoms with van der Waals surface area (Å²) in [6, 6.07) is 0. The van der Waals surface area contributed by atoms with Crippen molar-refractivity contribution in [2.24, 2.45) is 0 Å². The highest BCUT2D eigenvalue weighted by Crippen LogP contribution is 2.33. The molecule has 0 radical (unpaired) electrons. The van der Waals surface area contributed by atoms with E-state index in [0.29, 0.717) is 17.8 Å². The second-order valence-corrected chi connectivity index (χ2v) is 4.79. The Morgan fingerprint density at radius 1 is 1.38 bits per heavy atom. The van der Waals surface area contributed by atoms with E-state index in [9.17, 15) is 5.11 Å². The largest absolute Gasteiger partial charge is 0.386 e. The van der Waals surface area contributed by atoms with Crippen molar-refractivity contribution in [3.63, 3.8) is 0 Å². The third-order valence-corrected chi connectivity index (χ3v) is 3.57. The molecule has 1 aliphatic rings. The molecule has 9 heteroatoms. The summed E-state index contributed by atoms with van der Waals surface area (Å²) in [7, 11) is 3.09. The first-order chi connectivity index (χ1) is 10.2. The van der Waals surface area contributed by atoms with Crippen LogP contribution in [0.25, 0.3) is 11.2 Å². The van der Waals surface area contributed by atoms with E-state index in [1.165, 1.54) is 19.8 Å². The van der Waals surface area contributed by atoms with Crippen molar-refractivity contribution in [2.45, 2.75) is 24.5 Å². The fourth-order valence-electron chi connectivity index (χ4n) is 2.60. The number of rotatable bonds is 4. The molecular formula is C12H17N5O4. The van der Waals surface area contributed by atoms with Crippen LogP contribution in [0.1, 0.15) is 6.23 Å². The second-order valence-electron chi connectivity index (χ2n) is 4.79. The summed E-state index contributed by atoms with van der Waals surface area (Å²) < 4.78 is 17.9. The van der Waals surface area contributed by atoms with Gasteiger partial charge in [0.05, 0.1) is 12.9 Å². The number of nitrogens with zero attached hydrogens (tertiary/aromatic N) is 4. The Morgan fingerprint density at radius 2 is 2.19 bits per heavy atom. The lowest BCUT2D eigenvalue weighted by molar-refractivity contribution is -0.0612. The van der Waals surface area contributed by atoms with E-state index >= 15 is 0 Å². The van der Waals surface area contributed by atoms with Crippen molar-refractivity contribution in [3.05, 3.63) is 12.7 Å². The van der Waals surface area contributed by atoms with Crippen LogP contribution in [-0.2, 0) is 14.2 Å². The number of nitrogen functional groups attached to an aromatic ring is 1. The molecule has 0 aliphatic carbocycles. The molecule has 0 saturated carbocycles. The Hall–Kier alpha value is -1.81. The van der Waals surface area contributed by atoms with Crippen molar-refractivity contribution in [3.8, 4) is 0 Å². The average Bonchev–Trinajstić information content (AvgIpc) is 3.02. The molecule has 114 valence electrons. The van der Waals surface area contributed by atoms with Gasteiger partial charge in [0.1, 0.15) is 30.2 Å². The monoisotopic (exact) mass is 295 g/mol. The minimum absolute atomic E-state index is 0.281. The third kappa shape index (κ3) is 2.23. The topological polar surface area (TPSA) is 118 Å². The van der Waals surface area contributed by atoms with Crippen LogP contribution in [0.3, 0.4) is 0 Å². The molecule has 1 fully saturated rings. The van der Waals surface area contributed by atoms with Crippen molar-refractivity contribution < 1.29 is 19.3 Å². The first-order valence-corrected chi connectivity index (χ1v) is 6.45. The maximum Gasteiger partial charge on any atom is 0.167 e. The normalized spacial score (nSPS) is 29.3. The van der Waals surface area contributed by atoms with Gasteiger partial charge < -0.3 is 25.1 Å². The molecule has 21 heavy (non-hydrogen) atoms. The van der Waals surface area contributed by atoms with Gasteiger partial charge in [0.2, 0.25) is 0 Å².